The van der Waals surface area contributed by atoms with Crippen LogP contribution in [0, 0.1) is 10.8 Å². The minimum absolute atomic E-state index is 0.157. The molecule has 0 aliphatic carbocycles. The largest absolute Gasteiger partial charge is 0.294 e. The molecule has 1 aromatic carbocycles. The van der Waals surface area contributed by atoms with Crippen molar-refractivity contribution in [1.29, 1.82) is 0 Å². The zero-order valence-corrected chi connectivity index (χ0v) is 12.4. The Bertz CT molecular complexity index is 453. The van der Waals surface area contributed by atoms with Gasteiger partial charge in [-0.25, -0.2) is 0 Å². The molecule has 1 aromatic rings. The number of carbonyl (C=O) groups is 1. The van der Waals surface area contributed by atoms with Crippen LogP contribution in [0.3, 0.4) is 0 Å². The maximum Gasteiger partial charge on any atom is 0.168 e. The van der Waals surface area contributed by atoms with Crippen LogP contribution in [0.5, 0.6) is 0 Å². The Morgan fingerprint density at radius 3 is 2.17 bits per heavy atom. The van der Waals surface area contributed by atoms with Crippen molar-refractivity contribution in [3.63, 3.8) is 0 Å². The molecule has 0 atom stereocenters. The third kappa shape index (κ3) is 4.48. The number of allylic oxidation sites excluding steroid dienone is 1. The summed E-state index contributed by atoms with van der Waals surface area (Å²) in [6.07, 6.45) is 4.24. The molecule has 0 bridgehead atoms. The summed E-state index contributed by atoms with van der Waals surface area (Å²) in [5, 5.41) is 0. The van der Waals surface area contributed by atoms with Gasteiger partial charge in [0.15, 0.2) is 5.78 Å². The highest BCUT2D eigenvalue weighted by Gasteiger charge is 2.22. The van der Waals surface area contributed by atoms with E-state index in [-0.39, 0.29) is 16.6 Å². The summed E-state index contributed by atoms with van der Waals surface area (Å²) in [6.45, 7) is 12.3. The monoisotopic (exact) mass is 244 g/mol. The van der Waals surface area contributed by atoms with Gasteiger partial charge in [0.05, 0.1) is 0 Å². The molecule has 0 aromatic heterocycles. The molecule has 18 heavy (non-hydrogen) atoms. The maximum absolute atomic E-state index is 12.2. The SMILES string of the molecule is CC(C)(C)/C=C/c1cccc(C(=O)C(C)(C)C)c1. The number of ketones is 1. The van der Waals surface area contributed by atoms with Crippen LogP contribution >= 0.6 is 0 Å². The van der Waals surface area contributed by atoms with E-state index in [2.05, 4.69) is 32.9 Å². The van der Waals surface area contributed by atoms with E-state index in [0.717, 1.165) is 11.1 Å². The van der Waals surface area contributed by atoms with Crippen molar-refractivity contribution in [2.24, 2.45) is 10.8 Å². The number of carbonyl (C=O) groups excluding carboxylic acids is 1. The van der Waals surface area contributed by atoms with Crippen LogP contribution in [0.15, 0.2) is 30.3 Å². The number of hydrogen-bond donors (Lipinski definition) is 0. The molecular weight excluding hydrogens is 220 g/mol. The van der Waals surface area contributed by atoms with Crippen molar-refractivity contribution in [3.8, 4) is 0 Å². The number of rotatable bonds is 2. The molecule has 1 nitrogen and oxygen atoms in total. The first-order valence-electron chi connectivity index (χ1n) is 6.44. The highest BCUT2D eigenvalue weighted by atomic mass is 16.1. The quantitative estimate of drug-likeness (QED) is 0.671. The summed E-state index contributed by atoms with van der Waals surface area (Å²) in [4.78, 5) is 12.2. The lowest BCUT2D eigenvalue weighted by Gasteiger charge is -2.17. The average Bonchev–Trinajstić information content (AvgIpc) is 2.23. The van der Waals surface area contributed by atoms with Gasteiger partial charge in [-0.2, -0.15) is 0 Å². The van der Waals surface area contributed by atoms with Gasteiger partial charge in [0.1, 0.15) is 0 Å². The Labute approximate surface area is 111 Å². The third-order valence-corrected chi connectivity index (χ3v) is 2.61. The molecule has 1 heteroatoms. The van der Waals surface area contributed by atoms with Crippen LogP contribution < -0.4 is 0 Å². The second-order valence-electron chi connectivity index (χ2n) is 6.90. The number of hydrogen-bond acceptors (Lipinski definition) is 1. The van der Waals surface area contributed by atoms with E-state index in [1.165, 1.54) is 0 Å². The normalized spacial score (nSPS) is 13.0. The predicted molar refractivity (Wildman–Crippen MR) is 78.7 cm³/mol. The maximum atomic E-state index is 12.2. The molecule has 0 aliphatic heterocycles. The lowest BCUT2D eigenvalue weighted by molar-refractivity contribution is 0.0858. The zero-order chi connectivity index (χ0) is 14.0. The van der Waals surface area contributed by atoms with Crippen molar-refractivity contribution in [3.05, 3.63) is 41.5 Å². The fraction of sp³-hybridized carbons (Fsp3) is 0.471. The molecule has 98 valence electrons. The van der Waals surface area contributed by atoms with Crippen LogP contribution in [-0.4, -0.2) is 5.78 Å². The Morgan fingerprint density at radius 1 is 1.06 bits per heavy atom. The first-order valence-corrected chi connectivity index (χ1v) is 6.44. The molecule has 0 N–H and O–H groups in total. The van der Waals surface area contributed by atoms with E-state index in [4.69, 9.17) is 0 Å². The molecule has 0 amide bonds. The van der Waals surface area contributed by atoms with Crippen LogP contribution in [0.1, 0.15) is 57.5 Å². The second kappa shape index (κ2) is 5.09. The van der Waals surface area contributed by atoms with E-state index >= 15 is 0 Å². The Morgan fingerprint density at radius 2 is 1.67 bits per heavy atom. The minimum Gasteiger partial charge on any atom is -0.294 e. The summed E-state index contributed by atoms with van der Waals surface area (Å²) >= 11 is 0. The zero-order valence-electron chi connectivity index (χ0n) is 12.4. The van der Waals surface area contributed by atoms with E-state index in [0.29, 0.717) is 0 Å². The fourth-order valence-corrected chi connectivity index (χ4v) is 1.56. The molecule has 0 aliphatic rings. The molecular formula is C17H24O. The van der Waals surface area contributed by atoms with E-state index < -0.39 is 0 Å². The lowest BCUT2D eigenvalue weighted by Crippen LogP contribution is -2.20. The van der Waals surface area contributed by atoms with Crippen molar-refractivity contribution in [2.45, 2.75) is 41.5 Å². The molecule has 1 rings (SSSR count). The van der Waals surface area contributed by atoms with Crippen LogP contribution in [-0.2, 0) is 0 Å². The predicted octanol–water partition coefficient (Wildman–Crippen LogP) is 4.97. The summed E-state index contributed by atoms with van der Waals surface area (Å²) < 4.78 is 0. The molecule has 0 fully saturated rings. The first kappa shape index (κ1) is 14.7. The van der Waals surface area contributed by atoms with Gasteiger partial charge in [0, 0.05) is 11.0 Å². The summed E-state index contributed by atoms with van der Waals surface area (Å²) in [5.41, 5.74) is 1.70. The Hall–Kier alpha value is -1.37. The topological polar surface area (TPSA) is 17.1 Å². The standard InChI is InChI=1S/C17H24O/c1-16(2,3)11-10-13-8-7-9-14(12-13)15(18)17(4,5)6/h7-12H,1-6H3/b11-10+. The second-order valence-corrected chi connectivity index (χ2v) is 6.90. The molecule has 0 spiro atoms. The van der Waals surface area contributed by atoms with E-state index in [1.807, 2.05) is 45.0 Å². The average molecular weight is 244 g/mol. The smallest absolute Gasteiger partial charge is 0.168 e. The fourth-order valence-electron chi connectivity index (χ4n) is 1.56. The van der Waals surface area contributed by atoms with Gasteiger partial charge in [0.25, 0.3) is 0 Å². The molecule has 0 saturated heterocycles. The van der Waals surface area contributed by atoms with Gasteiger partial charge in [-0.3, -0.25) is 4.79 Å². The van der Waals surface area contributed by atoms with Crippen LogP contribution in [0.2, 0.25) is 0 Å². The van der Waals surface area contributed by atoms with Crippen molar-refractivity contribution < 1.29 is 4.79 Å². The minimum atomic E-state index is -0.327. The van der Waals surface area contributed by atoms with Gasteiger partial charge in [-0.05, 0) is 17.0 Å². The van der Waals surface area contributed by atoms with Crippen molar-refractivity contribution in [1.82, 2.24) is 0 Å². The van der Waals surface area contributed by atoms with E-state index in [9.17, 15) is 4.79 Å². The van der Waals surface area contributed by atoms with Gasteiger partial charge in [-0.15, -0.1) is 0 Å². The highest BCUT2D eigenvalue weighted by Crippen LogP contribution is 2.22. The van der Waals surface area contributed by atoms with Crippen LogP contribution in [0.4, 0.5) is 0 Å². The van der Waals surface area contributed by atoms with Crippen molar-refractivity contribution in [2.75, 3.05) is 0 Å². The number of Topliss-reactive ketones (excluding diaryl/α,β-unsaturated/α-hetero) is 1. The lowest BCUT2D eigenvalue weighted by atomic mass is 9.86. The van der Waals surface area contributed by atoms with Gasteiger partial charge in [0.2, 0.25) is 0 Å². The molecule has 0 heterocycles. The van der Waals surface area contributed by atoms with Crippen molar-refractivity contribution >= 4 is 11.9 Å². The van der Waals surface area contributed by atoms with Gasteiger partial charge in [-0.1, -0.05) is 71.9 Å². The van der Waals surface area contributed by atoms with Gasteiger partial charge < -0.3 is 0 Å². The van der Waals surface area contributed by atoms with Crippen LogP contribution in [0.25, 0.3) is 6.08 Å². The summed E-state index contributed by atoms with van der Waals surface area (Å²) in [5.74, 6) is 0.188. The Balaban J connectivity index is 3.01. The Kier molecular flexibility index (Phi) is 4.16. The van der Waals surface area contributed by atoms with Gasteiger partial charge >= 0.3 is 0 Å². The summed E-state index contributed by atoms with van der Waals surface area (Å²) in [6, 6.07) is 7.83. The number of benzene rings is 1. The highest BCUT2D eigenvalue weighted by molar-refractivity contribution is 6.00. The first-order chi connectivity index (χ1) is 8.09. The molecule has 0 saturated carbocycles. The third-order valence-electron chi connectivity index (χ3n) is 2.61. The molecule has 0 radical (unpaired) electrons. The molecule has 0 unspecified atom stereocenters. The van der Waals surface area contributed by atoms with E-state index in [1.54, 1.807) is 0 Å². The summed E-state index contributed by atoms with van der Waals surface area (Å²) in [7, 11) is 0.